The second-order valence-electron chi connectivity index (χ2n) is 8.71. The van der Waals surface area contributed by atoms with Gasteiger partial charge in [-0.2, -0.15) is 0 Å². The van der Waals surface area contributed by atoms with E-state index < -0.39 is 35.6 Å². The van der Waals surface area contributed by atoms with E-state index in [-0.39, 0.29) is 13.0 Å². The highest BCUT2D eigenvalue weighted by atomic mass is 16.5. The molecule has 3 aromatic carbocycles. The second-order valence-corrected chi connectivity index (χ2v) is 8.71. The van der Waals surface area contributed by atoms with Crippen LogP contribution in [-0.4, -0.2) is 39.5 Å². The van der Waals surface area contributed by atoms with Crippen molar-refractivity contribution in [2.24, 2.45) is 17.8 Å². The third-order valence-electron chi connectivity index (χ3n) is 6.39. The quantitative estimate of drug-likeness (QED) is 0.450. The fraction of sp³-hybridized carbons (Fsp3) is 0.250. The van der Waals surface area contributed by atoms with Crippen molar-refractivity contribution in [3.05, 3.63) is 96.1 Å². The van der Waals surface area contributed by atoms with E-state index in [2.05, 4.69) is 0 Å². The number of para-hydroxylation sites is 1. The standard InChI is InChI=1S/C28H27NO6/c30-26(25-23(27(31)32)17-24(25)28(33)34)29(16-15-19-7-3-1-4-8-19)18-20-11-13-22(14-12-20)35-21-9-5-2-6-10-21/h1-14,23-25H,15-18H2,(H,31,32)(H,33,34). The van der Waals surface area contributed by atoms with Crippen LogP contribution in [0.3, 0.4) is 0 Å². The molecule has 35 heavy (non-hydrogen) atoms. The first-order chi connectivity index (χ1) is 16.9. The molecular weight excluding hydrogens is 446 g/mol. The molecule has 4 rings (SSSR count). The van der Waals surface area contributed by atoms with Crippen LogP contribution in [0.15, 0.2) is 84.9 Å². The predicted octanol–water partition coefficient (Wildman–Crippen LogP) is 4.47. The molecule has 2 atom stereocenters. The highest BCUT2D eigenvalue weighted by molar-refractivity contribution is 5.92. The van der Waals surface area contributed by atoms with Gasteiger partial charge in [0.15, 0.2) is 0 Å². The van der Waals surface area contributed by atoms with Crippen LogP contribution in [0.25, 0.3) is 0 Å². The highest BCUT2D eigenvalue weighted by Gasteiger charge is 2.54. The van der Waals surface area contributed by atoms with Gasteiger partial charge in [0.1, 0.15) is 11.5 Å². The van der Waals surface area contributed by atoms with E-state index in [1.807, 2.05) is 84.9 Å². The zero-order chi connectivity index (χ0) is 24.8. The Balaban J connectivity index is 1.51. The summed E-state index contributed by atoms with van der Waals surface area (Å²) in [7, 11) is 0. The number of hydrogen-bond donors (Lipinski definition) is 2. The molecule has 0 heterocycles. The van der Waals surface area contributed by atoms with Gasteiger partial charge in [-0.05, 0) is 48.2 Å². The minimum atomic E-state index is -1.13. The molecule has 0 radical (unpaired) electrons. The fourth-order valence-corrected chi connectivity index (χ4v) is 4.40. The molecule has 0 aliphatic heterocycles. The van der Waals surface area contributed by atoms with E-state index in [1.165, 1.54) is 0 Å². The van der Waals surface area contributed by atoms with Gasteiger partial charge in [-0.15, -0.1) is 0 Å². The summed E-state index contributed by atoms with van der Waals surface area (Å²) in [6.07, 6.45) is 0.545. The van der Waals surface area contributed by atoms with Gasteiger partial charge in [-0.1, -0.05) is 60.7 Å². The van der Waals surface area contributed by atoms with E-state index >= 15 is 0 Å². The van der Waals surface area contributed by atoms with Crippen molar-refractivity contribution in [2.75, 3.05) is 6.54 Å². The van der Waals surface area contributed by atoms with Crippen molar-refractivity contribution >= 4 is 17.8 Å². The van der Waals surface area contributed by atoms with Crippen LogP contribution < -0.4 is 4.74 Å². The van der Waals surface area contributed by atoms with Crippen molar-refractivity contribution in [1.82, 2.24) is 4.90 Å². The summed E-state index contributed by atoms with van der Waals surface area (Å²) in [6, 6.07) is 26.4. The van der Waals surface area contributed by atoms with E-state index in [0.29, 0.717) is 24.5 Å². The fourth-order valence-electron chi connectivity index (χ4n) is 4.40. The van der Waals surface area contributed by atoms with Crippen LogP contribution in [0.1, 0.15) is 17.5 Å². The summed E-state index contributed by atoms with van der Waals surface area (Å²) in [5, 5.41) is 19.0. The number of amides is 1. The molecule has 0 spiro atoms. The minimum Gasteiger partial charge on any atom is -0.481 e. The Labute approximate surface area is 203 Å². The number of carbonyl (C=O) groups excluding carboxylic acids is 1. The smallest absolute Gasteiger partial charge is 0.307 e. The molecule has 1 aliphatic carbocycles. The highest BCUT2D eigenvalue weighted by Crippen LogP contribution is 2.42. The van der Waals surface area contributed by atoms with Crippen LogP contribution in [-0.2, 0) is 27.3 Å². The molecule has 0 saturated heterocycles. The lowest BCUT2D eigenvalue weighted by atomic mass is 9.64. The van der Waals surface area contributed by atoms with E-state index in [0.717, 1.165) is 11.1 Å². The van der Waals surface area contributed by atoms with Crippen molar-refractivity contribution in [3.63, 3.8) is 0 Å². The number of nitrogens with zero attached hydrogens (tertiary/aromatic N) is 1. The van der Waals surface area contributed by atoms with Crippen LogP contribution in [0.5, 0.6) is 11.5 Å². The van der Waals surface area contributed by atoms with E-state index in [1.54, 1.807) is 4.90 Å². The normalized spacial score (nSPS) is 18.8. The lowest BCUT2D eigenvalue weighted by Crippen LogP contribution is -2.54. The van der Waals surface area contributed by atoms with E-state index in [4.69, 9.17) is 4.74 Å². The SMILES string of the molecule is O=C(O)C1CC(C(=O)O)C1C(=O)N(CCc1ccccc1)Cc1ccc(Oc2ccccc2)cc1. The van der Waals surface area contributed by atoms with Gasteiger partial charge < -0.3 is 19.8 Å². The summed E-state index contributed by atoms with van der Waals surface area (Å²) in [5.74, 6) is -4.37. The monoisotopic (exact) mass is 473 g/mol. The topological polar surface area (TPSA) is 104 Å². The Morgan fingerprint density at radius 1 is 0.743 bits per heavy atom. The van der Waals surface area contributed by atoms with Crippen LogP contribution in [0.4, 0.5) is 0 Å². The number of benzene rings is 3. The second kappa shape index (κ2) is 10.9. The Morgan fingerprint density at radius 3 is 1.86 bits per heavy atom. The number of carboxylic acids is 2. The molecule has 7 nitrogen and oxygen atoms in total. The third-order valence-corrected chi connectivity index (χ3v) is 6.39. The number of ether oxygens (including phenoxy) is 1. The average molecular weight is 474 g/mol. The molecule has 0 bridgehead atoms. The van der Waals surface area contributed by atoms with Gasteiger partial charge in [-0.3, -0.25) is 14.4 Å². The maximum atomic E-state index is 13.5. The molecule has 2 N–H and O–H groups in total. The summed E-state index contributed by atoms with van der Waals surface area (Å²) in [4.78, 5) is 38.3. The number of rotatable bonds is 10. The van der Waals surface area contributed by atoms with Gasteiger partial charge >= 0.3 is 11.9 Å². The molecule has 0 aromatic heterocycles. The van der Waals surface area contributed by atoms with Crippen LogP contribution >= 0.6 is 0 Å². The van der Waals surface area contributed by atoms with Crippen molar-refractivity contribution in [3.8, 4) is 11.5 Å². The van der Waals surface area contributed by atoms with Gasteiger partial charge in [0, 0.05) is 13.1 Å². The Morgan fingerprint density at radius 2 is 1.29 bits per heavy atom. The lowest BCUT2D eigenvalue weighted by Gasteiger charge is -2.41. The Hall–Kier alpha value is -4.13. The summed E-state index contributed by atoms with van der Waals surface area (Å²) < 4.78 is 5.83. The summed E-state index contributed by atoms with van der Waals surface area (Å²) in [6.45, 7) is 0.590. The number of aliphatic carboxylic acids is 2. The molecule has 7 heteroatoms. The first kappa shape index (κ1) is 24.0. The molecule has 1 fully saturated rings. The molecule has 1 aliphatic rings. The predicted molar refractivity (Wildman–Crippen MR) is 129 cm³/mol. The van der Waals surface area contributed by atoms with Gasteiger partial charge in [-0.25, -0.2) is 0 Å². The number of carbonyl (C=O) groups is 3. The lowest BCUT2D eigenvalue weighted by molar-refractivity contribution is -0.171. The largest absolute Gasteiger partial charge is 0.481 e. The Kier molecular flexibility index (Phi) is 7.45. The first-order valence-corrected chi connectivity index (χ1v) is 11.5. The minimum absolute atomic E-state index is 0.0287. The molecule has 3 aromatic rings. The molecule has 1 amide bonds. The number of carboxylic acid groups (broad SMARTS) is 2. The number of hydrogen-bond acceptors (Lipinski definition) is 4. The average Bonchev–Trinajstić information content (AvgIpc) is 2.83. The van der Waals surface area contributed by atoms with Crippen molar-refractivity contribution in [1.29, 1.82) is 0 Å². The van der Waals surface area contributed by atoms with Gasteiger partial charge in [0.05, 0.1) is 17.8 Å². The summed E-state index contributed by atoms with van der Waals surface area (Å²) in [5.41, 5.74) is 1.87. The Bertz CT molecular complexity index is 1140. The maximum Gasteiger partial charge on any atom is 0.307 e. The molecular formula is C28H27NO6. The molecule has 180 valence electrons. The zero-order valence-corrected chi connectivity index (χ0v) is 19.1. The van der Waals surface area contributed by atoms with Crippen LogP contribution in [0.2, 0.25) is 0 Å². The first-order valence-electron chi connectivity index (χ1n) is 11.5. The van der Waals surface area contributed by atoms with Crippen molar-refractivity contribution in [2.45, 2.75) is 19.4 Å². The summed E-state index contributed by atoms with van der Waals surface area (Å²) >= 11 is 0. The maximum absolute atomic E-state index is 13.5. The van der Waals surface area contributed by atoms with E-state index in [9.17, 15) is 24.6 Å². The van der Waals surface area contributed by atoms with Crippen LogP contribution in [0, 0.1) is 17.8 Å². The van der Waals surface area contributed by atoms with Gasteiger partial charge in [0.2, 0.25) is 5.91 Å². The third kappa shape index (κ3) is 5.87. The molecule has 1 saturated carbocycles. The molecule has 2 unspecified atom stereocenters. The van der Waals surface area contributed by atoms with Gasteiger partial charge in [0.25, 0.3) is 0 Å². The zero-order valence-electron chi connectivity index (χ0n) is 19.1. The van der Waals surface area contributed by atoms with Crippen molar-refractivity contribution < 1.29 is 29.3 Å².